The van der Waals surface area contributed by atoms with E-state index in [1.807, 2.05) is 12.1 Å². The van der Waals surface area contributed by atoms with E-state index in [-0.39, 0.29) is 42.0 Å². The van der Waals surface area contributed by atoms with E-state index in [0.29, 0.717) is 37.0 Å². The van der Waals surface area contributed by atoms with Crippen LogP contribution < -0.4 is 5.32 Å². The molecule has 1 saturated carbocycles. The van der Waals surface area contributed by atoms with Gasteiger partial charge in [-0.05, 0) is 74.0 Å². The van der Waals surface area contributed by atoms with E-state index in [2.05, 4.69) is 45.5 Å². The second kappa shape index (κ2) is 9.92. The van der Waals surface area contributed by atoms with Gasteiger partial charge in [0.15, 0.2) is 0 Å². The number of amides is 1. The van der Waals surface area contributed by atoms with Crippen molar-refractivity contribution in [3.05, 3.63) is 64.4 Å². The third-order valence-electron chi connectivity index (χ3n) is 9.77. The van der Waals surface area contributed by atoms with Gasteiger partial charge in [0.1, 0.15) is 5.15 Å². The molecule has 7 heteroatoms. The van der Waals surface area contributed by atoms with Gasteiger partial charge in [-0.15, -0.1) is 0 Å². The number of piperidine rings is 1. The first-order valence-corrected chi connectivity index (χ1v) is 14.3. The topological polar surface area (TPSA) is 45.2 Å². The lowest BCUT2D eigenvalue weighted by Gasteiger charge is -2.48. The van der Waals surface area contributed by atoms with E-state index >= 15 is 0 Å². The van der Waals surface area contributed by atoms with Gasteiger partial charge < -0.3 is 10.2 Å². The Labute approximate surface area is 223 Å². The maximum atomic E-state index is 14.5. The second-order valence-electron chi connectivity index (χ2n) is 11.7. The number of halogens is 3. The number of carbonyl (C=O) groups is 1. The van der Waals surface area contributed by atoms with Crippen LogP contribution in [0.25, 0.3) is 0 Å². The third-order valence-corrected chi connectivity index (χ3v) is 9.98. The molecule has 2 aromatic rings. The van der Waals surface area contributed by atoms with Crippen molar-refractivity contribution in [3.8, 4) is 0 Å². The first-order valence-electron chi connectivity index (χ1n) is 14.0. The number of fused-ring (bicyclic) bond motifs is 2. The minimum absolute atomic E-state index is 0.00612. The fraction of sp³-hybridized carbons (Fsp3) is 0.600. The van der Waals surface area contributed by atoms with Gasteiger partial charge in [-0.1, -0.05) is 48.0 Å². The molecule has 1 spiro atoms. The molecule has 37 heavy (non-hydrogen) atoms. The number of alkyl halides is 2. The summed E-state index contributed by atoms with van der Waals surface area (Å²) in [5, 5.41) is 4.04. The van der Waals surface area contributed by atoms with Crippen molar-refractivity contribution in [1.82, 2.24) is 15.2 Å². The standard InChI is InChI=1S/C30H36ClF2N3O/c31-27-9-8-23-25(35-27)7-4-13-29(23)19-34-18-24(29)28(37)36-16-12-22(20-5-2-1-3-6-20)17-26(36)21-10-14-30(32,33)15-11-21/h1-3,5-6,8-9,21-22,24,26,34H,4,7,10-19H2/t22-,24-,26-,29-/m0/s1. The Morgan fingerprint density at radius 3 is 2.62 bits per heavy atom. The summed E-state index contributed by atoms with van der Waals surface area (Å²) in [6.45, 7) is 2.10. The van der Waals surface area contributed by atoms with Crippen LogP contribution in [0, 0.1) is 11.8 Å². The number of rotatable bonds is 3. The molecule has 1 aromatic heterocycles. The molecule has 1 amide bonds. The molecule has 4 aliphatic rings. The lowest BCUT2D eigenvalue weighted by Crippen LogP contribution is -2.55. The largest absolute Gasteiger partial charge is 0.339 e. The summed E-state index contributed by atoms with van der Waals surface area (Å²) < 4.78 is 28.2. The zero-order valence-electron chi connectivity index (χ0n) is 21.3. The van der Waals surface area contributed by atoms with Gasteiger partial charge in [0.05, 0.1) is 5.92 Å². The Morgan fingerprint density at radius 2 is 1.84 bits per heavy atom. The minimum Gasteiger partial charge on any atom is -0.339 e. The van der Waals surface area contributed by atoms with Crippen molar-refractivity contribution in [2.45, 2.75) is 81.1 Å². The number of hydrogen-bond donors (Lipinski definition) is 1. The molecule has 198 valence electrons. The Morgan fingerprint density at radius 1 is 1.05 bits per heavy atom. The van der Waals surface area contributed by atoms with Crippen LogP contribution in [0.5, 0.6) is 0 Å². The average molecular weight is 528 g/mol. The van der Waals surface area contributed by atoms with E-state index in [0.717, 1.165) is 44.3 Å². The predicted molar refractivity (Wildman–Crippen MR) is 141 cm³/mol. The molecule has 1 aromatic carbocycles. The molecular formula is C30H36ClF2N3O. The smallest absolute Gasteiger partial charge is 0.248 e. The first-order chi connectivity index (χ1) is 17.9. The van der Waals surface area contributed by atoms with Crippen LogP contribution in [0.1, 0.15) is 74.1 Å². The normalized spacial score (nSPS) is 31.9. The summed E-state index contributed by atoms with van der Waals surface area (Å²) in [6.07, 6.45) is 5.44. The molecule has 0 unspecified atom stereocenters. The Bertz CT molecular complexity index is 1130. The van der Waals surface area contributed by atoms with Crippen LogP contribution in [-0.4, -0.2) is 47.4 Å². The number of nitrogens with one attached hydrogen (secondary N) is 1. The van der Waals surface area contributed by atoms with Crippen molar-refractivity contribution in [2.24, 2.45) is 11.8 Å². The van der Waals surface area contributed by atoms with Crippen molar-refractivity contribution in [2.75, 3.05) is 19.6 Å². The number of aryl methyl sites for hydroxylation is 1. The highest BCUT2D eigenvalue weighted by atomic mass is 35.5. The monoisotopic (exact) mass is 527 g/mol. The summed E-state index contributed by atoms with van der Waals surface area (Å²) >= 11 is 6.23. The number of nitrogens with zero attached hydrogens (tertiary/aromatic N) is 2. The Kier molecular flexibility index (Phi) is 6.77. The lowest BCUT2D eigenvalue weighted by molar-refractivity contribution is -0.144. The first kappa shape index (κ1) is 25.2. The molecule has 2 saturated heterocycles. The third kappa shape index (κ3) is 4.69. The van der Waals surface area contributed by atoms with Gasteiger partial charge in [-0.25, -0.2) is 13.8 Å². The maximum absolute atomic E-state index is 14.5. The number of pyridine rings is 1. The lowest BCUT2D eigenvalue weighted by atomic mass is 9.64. The molecule has 0 radical (unpaired) electrons. The molecule has 4 nitrogen and oxygen atoms in total. The van der Waals surface area contributed by atoms with Crippen LogP contribution in [0.15, 0.2) is 42.5 Å². The van der Waals surface area contributed by atoms with Crippen molar-refractivity contribution >= 4 is 17.5 Å². The molecule has 3 heterocycles. The fourth-order valence-electron chi connectivity index (χ4n) is 7.85. The number of hydrogen-bond acceptors (Lipinski definition) is 3. The Hall–Kier alpha value is -2.05. The molecule has 4 atom stereocenters. The van der Waals surface area contributed by atoms with Crippen molar-refractivity contribution in [3.63, 3.8) is 0 Å². The number of carbonyl (C=O) groups excluding carboxylic acids is 1. The van der Waals surface area contributed by atoms with Gasteiger partial charge in [0, 0.05) is 49.6 Å². The van der Waals surface area contributed by atoms with Crippen LogP contribution in [-0.2, 0) is 16.6 Å². The highest BCUT2D eigenvalue weighted by Gasteiger charge is 2.53. The van der Waals surface area contributed by atoms with E-state index in [4.69, 9.17) is 11.6 Å². The summed E-state index contributed by atoms with van der Waals surface area (Å²) in [5.41, 5.74) is 3.21. The zero-order chi connectivity index (χ0) is 25.6. The molecular weight excluding hydrogens is 492 g/mol. The van der Waals surface area contributed by atoms with E-state index < -0.39 is 5.92 Å². The van der Waals surface area contributed by atoms with Gasteiger partial charge in [-0.2, -0.15) is 0 Å². The summed E-state index contributed by atoms with van der Waals surface area (Å²) in [6, 6.07) is 14.4. The van der Waals surface area contributed by atoms with E-state index in [1.165, 1.54) is 11.1 Å². The summed E-state index contributed by atoms with van der Waals surface area (Å²) in [5.74, 6) is -2.06. The minimum atomic E-state index is -2.57. The fourth-order valence-corrected chi connectivity index (χ4v) is 8.01. The van der Waals surface area contributed by atoms with Crippen LogP contribution in [0.2, 0.25) is 5.15 Å². The van der Waals surface area contributed by atoms with Gasteiger partial charge in [-0.3, -0.25) is 4.79 Å². The molecule has 6 rings (SSSR count). The summed E-state index contributed by atoms with van der Waals surface area (Å²) in [7, 11) is 0. The maximum Gasteiger partial charge on any atom is 0.248 e. The summed E-state index contributed by atoms with van der Waals surface area (Å²) in [4.78, 5) is 21.2. The number of likely N-dealkylation sites (tertiary alicyclic amines) is 1. The number of aromatic nitrogens is 1. The zero-order valence-corrected chi connectivity index (χ0v) is 22.0. The Balaban J connectivity index is 1.30. The molecule has 3 fully saturated rings. The molecule has 1 N–H and O–H groups in total. The SMILES string of the molecule is O=C([C@@H]1CNC[C@]12CCCc1nc(Cl)ccc12)N1CC[C@H](c2ccccc2)C[C@H]1C1CCC(F)(F)CC1. The quantitative estimate of drug-likeness (QED) is 0.488. The number of benzene rings is 1. The van der Waals surface area contributed by atoms with E-state index in [1.54, 1.807) is 0 Å². The van der Waals surface area contributed by atoms with E-state index in [9.17, 15) is 13.6 Å². The second-order valence-corrected chi connectivity index (χ2v) is 12.1. The molecule has 0 bridgehead atoms. The highest BCUT2D eigenvalue weighted by Crippen LogP contribution is 2.48. The van der Waals surface area contributed by atoms with Gasteiger partial charge in [0.25, 0.3) is 0 Å². The average Bonchev–Trinajstić information content (AvgIpc) is 3.32. The van der Waals surface area contributed by atoms with Gasteiger partial charge in [0.2, 0.25) is 11.8 Å². The van der Waals surface area contributed by atoms with Crippen LogP contribution in [0.4, 0.5) is 8.78 Å². The predicted octanol–water partition coefficient (Wildman–Crippen LogP) is 6.13. The molecule has 2 aliphatic carbocycles. The highest BCUT2D eigenvalue weighted by molar-refractivity contribution is 6.29. The van der Waals surface area contributed by atoms with Crippen LogP contribution in [0.3, 0.4) is 0 Å². The van der Waals surface area contributed by atoms with Crippen molar-refractivity contribution < 1.29 is 13.6 Å². The van der Waals surface area contributed by atoms with Crippen molar-refractivity contribution in [1.29, 1.82) is 0 Å². The van der Waals surface area contributed by atoms with Crippen LogP contribution >= 0.6 is 11.6 Å². The molecule has 2 aliphatic heterocycles. The van der Waals surface area contributed by atoms with Gasteiger partial charge >= 0.3 is 0 Å².